The first kappa shape index (κ1) is 23.8. The standard InChI is InChI=1S/C25H34ClFN2O2/c26-18-23(30)29(17-16-19-8-4-3-5-9-19)24(20-12-14-21(27)15-13-20)25(31)28-22-10-6-1-2-7-11-22/h8,12-15,22,24H,1-7,9-11,16-18H2,(H,28,31). The Balaban J connectivity index is 1.83. The lowest BCUT2D eigenvalue weighted by Gasteiger charge is -2.33. The fourth-order valence-corrected chi connectivity index (χ4v) is 4.85. The van der Waals surface area contributed by atoms with Crippen molar-refractivity contribution < 1.29 is 14.0 Å². The van der Waals surface area contributed by atoms with Crippen LogP contribution in [-0.2, 0) is 9.59 Å². The lowest BCUT2D eigenvalue weighted by atomic mass is 9.96. The summed E-state index contributed by atoms with van der Waals surface area (Å²) in [5.74, 6) is -1.03. The van der Waals surface area contributed by atoms with Crippen LogP contribution in [0.15, 0.2) is 35.9 Å². The first-order valence-corrected chi connectivity index (χ1v) is 12.2. The fraction of sp³-hybridized carbons (Fsp3) is 0.600. The second kappa shape index (κ2) is 12.2. The van der Waals surface area contributed by atoms with Crippen LogP contribution in [0.3, 0.4) is 0 Å². The number of carbonyl (C=O) groups excluding carboxylic acids is 2. The normalized spacial score (nSPS) is 18.6. The Hall–Kier alpha value is -1.88. The van der Waals surface area contributed by atoms with Gasteiger partial charge in [-0.1, -0.05) is 49.5 Å². The Labute approximate surface area is 190 Å². The molecule has 4 nitrogen and oxygen atoms in total. The van der Waals surface area contributed by atoms with Gasteiger partial charge in [0.15, 0.2) is 0 Å². The number of hydrogen-bond donors (Lipinski definition) is 1. The predicted molar refractivity (Wildman–Crippen MR) is 122 cm³/mol. The van der Waals surface area contributed by atoms with Crippen LogP contribution in [0, 0.1) is 5.82 Å². The maximum atomic E-state index is 13.6. The molecule has 0 aliphatic heterocycles. The third kappa shape index (κ3) is 7.06. The van der Waals surface area contributed by atoms with Gasteiger partial charge in [0.1, 0.15) is 17.7 Å². The first-order valence-electron chi connectivity index (χ1n) is 11.7. The summed E-state index contributed by atoms with van der Waals surface area (Å²) in [6.07, 6.45) is 14.0. The lowest BCUT2D eigenvalue weighted by molar-refractivity contribution is -0.139. The van der Waals surface area contributed by atoms with E-state index in [4.69, 9.17) is 11.6 Å². The van der Waals surface area contributed by atoms with E-state index in [1.165, 1.54) is 43.4 Å². The number of nitrogens with one attached hydrogen (secondary N) is 1. The highest BCUT2D eigenvalue weighted by molar-refractivity contribution is 6.27. The number of nitrogens with zero attached hydrogens (tertiary/aromatic N) is 1. The van der Waals surface area contributed by atoms with Crippen molar-refractivity contribution in [1.29, 1.82) is 0 Å². The number of rotatable bonds is 8. The molecule has 1 aromatic carbocycles. The van der Waals surface area contributed by atoms with E-state index >= 15 is 0 Å². The Morgan fingerprint density at radius 1 is 1.06 bits per heavy atom. The molecule has 1 atom stereocenters. The van der Waals surface area contributed by atoms with Crippen LogP contribution in [0.4, 0.5) is 4.39 Å². The summed E-state index contributed by atoms with van der Waals surface area (Å²) < 4.78 is 13.6. The summed E-state index contributed by atoms with van der Waals surface area (Å²) in [7, 11) is 0. The zero-order valence-electron chi connectivity index (χ0n) is 18.3. The van der Waals surface area contributed by atoms with Crippen LogP contribution in [0.1, 0.15) is 82.2 Å². The summed E-state index contributed by atoms with van der Waals surface area (Å²) in [5.41, 5.74) is 1.95. The van der Waals surface area contributed by atoms with Crippen molar-refractivity contribution in [3.8, 4) is 0 Å². The Kier molecular flexibility index (Phi) is 9.38. The molecule has 170 valence electrons. The molecule has 2 aliphatic rings. The molecule has 3 rings (SSSR count). The summed E-state index contributed by atoms with van der Waals surface area (Å²) >= 11 is 5.95. The van der Waals surface area contributed by atoms with E-state index in [1.54, 1.807) is 17.0 Å². The number of alkyl halides is 1. The van der Waals surface area contributed by atoms with Gasteiger partial charge in [-0.2, -0.15) is 0 Å². The number of amides is 2. The summed E-state index contributed by atoms with van der Waals surface area (Å²) in [6.45, 7) is 0.428. The molecule has 0 heterocycles. The van der Waals surface area contributed by atoms with Gasteiger partial charge in [-0.05, 0) is 62.6 Å². The Morgan fingerprint density at radius 3 is 2.39 bits per heavy atom. The molecular formula is C25H34ClFN2O2. The number of benzene rings is 1. The molecule has 6 heteroatoms. The molecule has 1 unspecified atom stereocenters. The van der Waals surface area contributed by atoms with Crippen LogP contribution < -0.4 is 5.32 Å². The van der Waals surface area contributed by atoms with Crippen LogP contribution in [0.25, 0.3) is 0 Å². The number of allylic oxidation sites excluding steroid dienone is 1. The third-order valence-electron chi connectivity index (χ3n) is 6.44. The van der Waals surface area contributed by atoms with Gasteiger partial charge in [0.05, 0.1) is 0 Å². The van der Waals surface area contributed by atoms with Crippen LogP contribution in [-0.4, -0.2) is 35.2 Å². The second-order valence-corrected chi connectivity index (χ2v) is 9.00. The maximum absolute atomic E-state index is 13.6. The quantitative estimate of drug-likeness (QED) is 0.316. The van der Waals surface area contributed by atoms with Crippen molar-refractivity contribution in [2.75, 3.05) is 12.4 Å². The largest absolute Gasteiger partial charge is 0.351 e. The van der Waals surface area contributed by atoms with Gasteiger partial charge >= 0.3 is 0 Å². The van der Waals surface area contributed by atoms with E-state index < -0.39 is 6.04 Å². The van der Waals surface area contributed by atoms with Crippen molar-refractivity contribution >= 4 is 23.4 Å². The van der Waals surface area contributed by atoms with Crippen LogP contribution in [0.2, 0.25) is 0 Å². The van der Waals surface area contributed by atoms with E-state index in [2.05, 4.69) is 11.4 Å². The van der Waals surface area contributed by atoms with Crippen LogP contribution >= 0.6 is 11.6 Å². The number of hydrogen-bond acceptors (Lipinski definition) is 2. The summed E-state index contributed by atoms with van der Waals surface area (Å²) in [6, 6.07) is 5.19. The number of carbonyl (C=O) groups is 2. The molecule has 1 N–H and O–H groups in total. The molecule has 0 aromatic heterocycles. The van der Waals surface area contributed by atoms with Crippen molar-refractivity contribution in [2.45, 2.75) is 82.7 Å². The molecule has 2 aliphatic carbocycles. The van der Waals surface area contributed by atoms with Gasteiger partial charge in [-0.3, -0.25) is 9.59 Å². The maximum Gasteiger partial charge on any atom is 0.247 e. The molecule has 1 fully saturated rings. The minimum Gasteiger partial charge on any atom is -0.351 e. The average molecular weight is 449 g/mol. The van der Waals surface area contributed by atoms with Crippen molar-refractivity contribution in [2.24, 2.45) is 0 Å². The van der Waals surface area contributed by atoms with Gasteiger partial charge in [0.25, 0.3) is 0 Å². The molecule has 0 radical (unpaired) electrons. The molecule has 1 saturated carbocycles. The first-order chi connectivity index (χ1) is 15.1. The molecule has 0 bridgehead atoms. The van der Waals surface area contributed by atoms with Crippen molar-refractivity contribution in [1.82, 2.24) is 10.2 Å². The molecule has 31 heavy (non-hydrogen) atoms. The monoisotopic (exact) mass is 448 g/mol. The topological polar surface area (TPSA) is 49.4 Å². The van der Waals surface area contributed by atoms with Gasteiger partial charge < -0.3 is 10.2 Å². The minimum absolute atomic E-state index is 0.118. The zero-order chi connectivity index (χ0) is 22.1. The predicted octanol–water partition coefficient (Wildman–Crippen LogP) is 5.66. The van der Waals surface area contributed by atoms with Gasteiger partial charge in [0.2, 0.25) is 11.8 Å². The summed E-state index contributed by atoms with van der Waals surface area (Å²) in [5, 5.41) is 3.19. The lowest BCUT2D eigenvalue weighted by Crippen LogP contribution is -2.47. The second-order valence-electron chi connectivity index (χ2n) is 8.73. The van der Waals surface area contributed by atoms with E-state index in [1.807, 2.05) is 0 Å². The number of halogens is 2. The highest BCUT2D eigenvalue weighted by Crippen LogP contribution is 2.27. The SMILES string of the molecule is O=C(NC1CCCCCC1)C(c1ccc(F)cc1)N(CCC1=CCCCC1)C(=O)CCl. The molecule has 0 spiro atoms. The third-order valence-corrected chi connectivity index (χ3v) is 6.67. The Morgan fingerprint density at radius 2 is 1.77 bits per heavy atom. The van der Waals surface area contributed by atoms with E-state index in [-0.39, 0.29) is 29.6 Å². The highest BCUT2D eigenvalue weighted by Gasteiger charge is 2.32. The molecular weight excluding hydrogens is 415 g/mol. The zero-order valence-corrected chi connectivity index (χ0v) is 19.0. The van der Waals surface area contributed by atoms with Crippen molar-refractivity contribution in [3.63, 3.8) is 0 Å². The smallest absolute Gasteiger partial charge is 0.247 e. The molecule has 1 aromatic rings. The average Bonchev–Trinajstić information content (AvgIpc) is 3.06. The van der Waals surface area contributed by atoms with E-state index in [0.29, 0.717) is 12.1 Å². The molecule has 2 amide bonds. The van der Waals surface area contributed by atoms with Gasteiger partial charge in [0, 0.05) is 12.6 Å². The molecule has 0 saturated heterocycles. The van der Waals surface area contributed by atoms with Crippen molar-refractivity contribution in [3.05, 3.63) is 47.3 Å². The summed E-state index contributed by atoms with van der Waals surface area (Å²) in [4.78, 5) is 27.9. The highest BCUT2D eigenvalue weighted by atomic mass is 35.5. The van der Waals surface area contributed by atoms with Gasteiger partial charge in [-0.25, -0.2) is 4.39 Å². The Bertz CT molecular complexity index is 757. The van der Waals surface area contributed by atoms with Gasteiger partial charge in [-0.15, -0.1) is 11.6 Å². The minimum atomic E-state index is -0.806. The van der Waals surface area contributed by atoms with E-state index in [9.17, 15) is 14.0 Å². The van der Waals surface area contributed by atoms with E-state index in [0.717, 1.165) is 44.9 Å². The van der Waals surface area contributed by atoms with Crippen LogP contribution in [0.5, 0.6) is 0 Å². The fourth-order valence-electron chi connectivity index (χ4n) is 4.69.